The summed E-state index contributed by atoms with van der Waals surface area (Å²) in [6, 6.07) is 15.4. The molecular weight excluding hydrogens is 308 g/mol. The van der Waals surface area contributed by atoms with Crippen LogP contribution in [0.15, 0.2) is 48.5 Å². The average molecular weight is 327 g/mol. The second-order valence-corrected chi connectivity index (χ2v) is 6.78. The third-order valence-corrected chi connectivity index (χ3v) is 5.54. The second-order valence-electron chi connectivity index (χ2n) is 6.37. The third-order valence-electron chi connectivity index (χ3n) is 5.21. The van der Waals surface area contributed by atoms with E-state index in [0.29, 0.717) is 10.6 Å². The van der Waals surface area contributed by atoms with Gasteiger partial charge in [0.1, 0.15) is 0 Å². The first-order valence-corrected chi connectivity index (χ1v) is 8.46. The Bertz CT molecular complexity index is 753. The van der Waals surface area contributed by atoms with Crippen LogP contribution in [0.3, 0.4) is 0 Å². The molecule has 4 rings (SSSR count). The van der Waals surface area contributed by atoms with Crippen LogP contribution in [0.5, 0.6) is 0 Å². The summed E-state index contributed by atoms with van der Waals surface area (Å²) in [6.45, 7) is 1.87. The minimum absolute atomic E-state index is 0.0914. The summed E-state index contributed by atoms with van der Waals surface area (Å²) in [5, 5.41) is 7.42. The molecule has 0 saturated carbocycles. The van der Waals surface area contributed by atoms with Crippen molar-refractivity contribution in [1.82, 2.24) is 5.32 Å². The highest BCUT2D eigenvalue weighted by atomic mass is 35.5. The van der Waals surface area contributed by atoms with Gasteiger partial charge in [-0.25, -0.2) is 0 Å². The summed E-state index contributed by atoms with van der Waals surface area (Å²) < 4.78 is 0. The van der Waals surface area contributed by atoms with E-state index in [4.69, 9.17) is 11.6 Å². The van der Waals surface area contributed by atoms with Crippen molar-refractivity contribution in [2.75, 3.05) is 18.4 Å². The predicted octanol–water partition coefficient (Wildman–Crippen LogP) is 3.64. The molecule has 3 nitrogen and oxygen atoms in total. The van der Waals surface area contributed by atoms with E-state index in [1.165, 1.54) is 5.56 Å². The van der Waals surface area contributed by atoms with Crippen molar-refractivity contribution < 1.29 is 4.79 Å². The zero-order valence-corrected chi connectivity index (χ0v) is 13.6. The normalized spacial score (nSPS) is 21.7. The molecule has 2 aromatic carbocycles. The molecule has 1 spiro atoms. The molecular formula is C19H19ClN2O. The van der Waals surface area contributed by atoms with Crippen molar-refractivity contribution in [1.29, 1.82) is 0 Å². The Morgan fingerprint density at radius 2 is 1.74 bits per heavy atom. The summed E-state index contributed by atoms with van der Waals surface area (Å²) in [6.07, 6.45) is 1.91. The van der Waals surface area contributed by atoms with E-state index in [2.05, 4.69) is 28.8 Å². The second kappa shape index (κ2) is 5.66. The van der Waals surface area contributed by atoms with Gasteiger partial charge in [0.15, 0.2) is 5.78 Å². The van der Waals surface area contributed by atoms with E-state index in [1.807, 2.05) is 24.3 Å². The summed E-state index contributed by atoms with van der Waals surface area (Å²) in [5.41, 5.74) is 2.82. The van der Waals surface area contributed by atoms with Gasteiger partial charge in [0.05, 0.1) is 11.1 Å². The van der Waals surface area contributed by atoms with Gasteiger partial charge in [-0.05, 0) is 49.7 Å². The molecule has 2 N–H and O–H groups in total. The SMILES string of the molecule is O=C(c1ccccc1Cl)C1Nc2ccccc2C12CCNCC2. The lowest BCUT2D eigenvalue weighted by atomic mass is 9.68. The number of ketones is 1. The van der Waals surface area contributed by atoms with Gasteiger partial charge in [0.25, 0.3) is 0 Å². The standard InChI is InChI=1S/C19H19ClN2O/c20-15-7-3-1-5-13(15)17(23)18-19(9-11-21-12-10-19)14-6-2-4-8-16(14)22-18/h1-8,18,21-22H,9-12H2. The van der Waals surface area contributed by atoms with Crippen molar-refractivity contribution in [2.45, 2.75) is 24.3 Å². The number of anilines is 1. The Hall–Kier alpha value is -1.84. The molecule has 1 saturated heterocycles. The Balaban J connectivity index is 1.79. The largest absolute Gasteiger partial charge is 0.374 e. The molecule has 0 amide bonds. The molecule has 1 unspecified atom stereocenters. The van der Waals surface area contributed by atoms with Gasteiger partial charge in [-0.1, -0.05) is 41.9 Å². The summed E-state index contributed by atoms with van der Waals surface area (Å²) in [5.74, 6) is 0.0914. The minimum Gasteiger partial charge on any atom is -0.374 e. The maximum absolute atomic E-state index is 13.2. The molecule has 1 atom stereocenters. The monoisotopic (exact) mass is 326 g/mol. The van der Waals surface area contributed by atoms with Crippen LogP contribution in [0.25, 0.3) is 0 Å². The molecule has 2 aliphatic rings. The number of nitrogens with one attached hydrogen (secondary N) is 2. The van der Waals surface area contributed by atoms with Crippen molar-refractivity contribution in [3.05, 3.63) is 64.7 Å². The number of rotatable bonds is 2. The first-order chi connectivity index (χ1) is 11.2. The van der Waals surface area contributed by atoms with Crippen molar-refractivity contribution in [3.63, 3.8) is 0 Å². The first kappa shape index (κ1) is 14.7. The fraction of sp³-hybridized carbons (Fsp3) is 0.316. The Labute approximate surface area is 141 Å². The number of fused-ring (bicyclic) bond motifs is 2. The number of carbonyl (C=O) groups is 1. The zero-order chi connectivity index (χ0) is 15.9. The summed E-state index contributed by atoms with van der Waals surface area (Å²) in [4.78, 5) is 13.2. The molecule has 0 radical (unpaired) electrons. The lowest BCUT2D eigenvalue weighted by Gasteiger charge is -2.38. The van der Waals surface area contributed by atoms with E-state index in [-0.39, 0.29) is 17.2 Å². The van der Waals surface area contributed by atoms with Crippen LogP contribution in [0, 0.1) is 0 Å². The number of hydrogen-bond donors (Lipinski definition) is 2. The summed E-state index contributed by atoms with van der Waals surface area (Å²) in [7, 11) is 0. The van der Waals surface area contributed by atoms with Crippen LogP contribution >= 0.6 is 11.6 Å². The van der Waals surface area contributed by atoms with Crippen LogP contribution in [-0.2, 0) is 5.41 Å². The first-order valence-electron chi connectivity index (χ1n) is 8.08. The molecule has 2 heterocycles. The molecule has 0 aliphatic carbocycles. The number of benzene rings is 2. The molecule has 1 fully saturated rings. The Kier molecular flexibility index (Phi) is 3.63. The molecule has 4 heteroatoms. The van der Waals surface area contributed by atoms with E-state index < -0.39 is 0 Å². The van der Waals surface area contributed by atoms with Gasteiger partial charge in [0.2, 0.25) is 0 Å². The fourth-order valence-electron chi connectivity index (χ4n) is 4.06. The number of halogens is 1. The number of Topliss-reactive ketones (excluding diaryl/α,β-unsaturated/α-hetero) is 1. The van der Waals surface area contributed by atoms with Crippen molar-refractivity contribution in [2.24, 2.45) is 0 Å². The van der Waals surface area contributed by atoms with Gasteiger partial charge in [0, 0.05) is 16.7 Å². The van der Waals surface area contributed by atoms with Gasteiger partial charge in [-0.2, -0.15) is 0 Å². The highest BCUT2D eigenvalue weighted by Crippen LogP contribution is 2.47. The highest BCUT2D eigenvalue weighted by molar-refractivity contribution is 6.34. The number of para-hydroxylation sites is 1. The van der Waals surface area contributed by atoms with Gasteiger partial charge in [-0.3, -0.25) is 4.79 Å². The molecule has 23 heavy (non-hydrogen) atoms. The Morgan fingerprint density at radius 3 is 2.52 bits per heavy atom. The highest BCUT2D eigenvalue weighted by Gasteiger charge is 2.50. The molecule has 2 aliphatic heterocycles. The number of hydrogen-bond acceptors (Lipinski definition) is 3. The minimum atomic E-state index is -0.248. The Morgan fingerprint density at radius 1 is 1.04 bits per heavy atom. The molecule has 0 aromatic heterocycles. The maximum atomic E-state index is 13.2. The maximum Gasteiger partial charge on any atom is 0.187 e. The van der Waals surface area contributed by atoms with Crippen LogP contribution in [0.1, 0.15) is 28.8 Å². The van der Waals surface area contributed by atoms with Crippen molar-refractivity contribution in [3.8, 4) is 0 Å². The van der Waals surface area contributed by atoms with Gasteiger partial charge < -0.3 is 10.6 Å². The van der Waals surface area contributed by atoms with Crippen LogP contribution in [0.4, 0.5) is 5.69 Å². The van der Waals surface area contributed by atoms with E-state index in [9.17, 15) is 4.79 Å². The fourth-order valence-corrected chi connectivity index (χ4v) is 4.29. The topological polar surface area (TPSA) is 41.1 Å². The van der Waals surface area contributed by atoms with Crippen LogP contribution in [0.2, 0.25) is 5.02 Å². The molecule has 2 aromatic rings. The van der Waals surface area contributed by atoms with Crippen LogP contribution < -0.4 is 10.6 Å². The lowest BCUT2D eigenvalue weighted by Crippen LogP contribution is -2.50. The number of piperidine rings is 1. The van der Waals surface area contributed by atoms with E-state index in [1.54, 1.807) is 6.07 Å². The smallest absolute Gasteiger partial charge is 0.187 e. The molecule has 118 valence electrons. The van der Waals surface area contributed by atoms with E-state index >= 15 is 0 Å². The molecule has 0 bridgehead atoms. The third kappa shape index (κ3) is 2.27. The van der Waals surface area contributed by atoms with Gasteiger partial charge >= 0.3 is 0 Å². The zero-order valence-electron chi connectivity index (χ0n) is 12.8. The van der Waals surface area contributed by atoms with Crippen LogP contribution in [-0.4, -0.2) is 24.9 Å². The van der Waals surface area contributed by atoms with E-state index in [0.717, 1.165) is 31.6 Å². The van der Waals surface area contributed by atoms with Crippen molar-refractivity contribution >= 4 is 23.1 Å². The van der Waals surface area contributed by atoms with Gasteiger partial charge in [-0.15, -0.1) is 0 Å². The quantitative estimate of drug-likeness (QED) is 0.828. The lowest BCUT2D eigenvalue weighted by molar-refractivity contribution is 0.0918. The average Bonchev–Trinajstić information content (AvgIpc) is 2.90. The number of carbonyl (C=O) groups excluding carboxylic acids is 1. The predicted molar refractivity (Wildman–Crippen MR) is 93.4 cm³/mol. The summed E-state index contributed by atoms with van der Waals surface area (Å²) >= 11 is 6.28.